The van der Waals surface area contributed by atoms with E-state index in [1.165, 1.54) is 16.4 Å². The van der Waals surface area contributed by atoms with Crippen molar-refractivity contribution in [1.82, 2.24) is 9.21 Å². The molecule has 0 bridgehead atoms. The summed E-state index contributed by atoms with van der Waals surface area (Å²) in [5.74, 6) is -0.180. The number of sulfonamides is 1. The standard InChI is InChI=1S/C22H25ClN2O4S/c1-16-6-7-17(2)20(14-16)21(26)8-9-22(27)24-10-12-25(13-11-24)30(28,29)19-5-3-4-18(23)15-19/h3-7,14-15H,8-13H2,1-2H3. The predicted molar refractivity (Wildman–Crippen MR) is 116 cm³/mol. The molecule has 2 aromatic carbocycles. The Morgan fingerprint density at radius 3 is 2.33 bits per heavy atom. The van der Waals surface area contributed by atoms with E-state index in [4.69, 9.17) is 11.6 Å². The SMILES string of the molecule is Cc1ccc(C)c(C(=O)CCC(=O)N2CCN(S(=O)(=O)c3cccc(Cl)c3)CC2)c1. The van der Waals surface area contributed by atoms with Crippen LogP contribution in [-0.4, -0.2) is 55.5 Å². The lowest BCUT2D eigenvalue weighted by Gasteiger charge is -2.34. The maximum Gasteiger partial charge on any atom is 0.243 e. The van der Waals surface area contributed by atoms with Gasteiger partial charge >= 0.3 is 0 Å². The third-order valence-electron chi connectivity index (χ3n) is 5.28. The third-order valence-corrected chi connectivity index (χ3v) is 7.41. The lowest BCUT2D eigenvalue weighted by molar-refractivity contribution is -0.132. The van der Waals surface area contributed by atoms with Gasteiger partial charge in [-0.05, 0) is 43.7 Å². The van der Waals surface area contributed by atoms with Crippen molar-refractivity contribution in [3.8, 4) is 0 Å². The zero-order chi connectivity index (χ0) is 21.9. The van der Waals surface area contributed by atoms with Crippen LogP contribution in [0.5, 0.6) is 0 Å². The van der Waals surface area contributed by atoms with Gasteiger partial charge in [-0.1, -0.05) is 35.4 Å². The van der Waals surface area contributed by atoms with E-state index in [1.807, 2.05) is 32.0 Å². The maximum atomic E-state index is 12.8. The summed E-state index contributed by atoms with van der Waals surface area (Å²) in [4.78, 5) is 26.8. The summed E-state index contributed by atoms with van der Waals surface area (Å²) in [6.45, 7) is 4.84. The van der Waals surface area contributed by atoms with Crippen LogP contribution in [0.1, 0.15) is 34.3 Å². The second kappa shape index (κ2) is 9.29. The summed E-state index contributed by atoms with van der Waals surface area (Å²) in [5, 5.41) is 0.360. The second-order valence-electron chi connectivity index (χ2n) is 7.48. The van der Waals surface area contributed by atoms with Crippen LogP contribution in [0.15, 0.2) is 47.4 Å². The summed E-state index contributed by atoms with van der Waals surface area (Å²) in [6, 6.07) is 11.9. The molecule has 8 heteroatoms. The molecule has 0 saturated carbocycles. The number of piperazine rings is 1. The Morgan fingerprint density at radius 2 is 1.67 bits per heavy atom. The zero-order valence-corrected chi connectivity index (χ0v) is 18.7. The topological polar surface area (TPSA) is 74.8 Å². The number of nitrogens with zero attached hydrogens (tertiary/aromatic N) is 2. The van der Waals surface area contributed by atoms with Gasteiger partial charge in [0.2, 0.25) is 15.9 Å². The number of carbonyl (C=O) groups is 2. The fourth-order valence-electron chi connectivity index (χ4n) is 3.50. The van der Waals surface area contributed by atoms with Gasteiger partial charge in [0.1, 0.15) is 0 Å². The van der Waals surface area contributed by atoms with Crippen molar-refractivity contribution in [3.05, 3.63) is 64.2 Å². The molecule has 0 radical (unpaired) electrons. The molecular formula is C22H25ClN2O4S. The van der Waals surface area contributed by atoms with Gasteiger partial charge in [-0.25, -0.2) is 8.42 Å². The van der Waals surface area contributed by atoms with Crippen LogP contribution in [0.4, 0.5) is 0 Å². The van der Waals surface area contributed by atoms with Gasteiger partial charge in [-0.2, -0.15) is 4.31 Å². The summed E-state index contributed by atoms with van der Waals surface area (Å²) in [7, 11) is -3.65. The van der Waals surface area contributed by atoms with Crippen LogP contribution < -0.4 is 0 Å². The highest BCUT2D eigenvalue weighted by atomic mass is 35.5. The molecule has 1 heterocycles. The molecule has 1 fully saturated rings. The number of hydrogen-bond donors (Lipinski definition) is 0. The molecule has 3 rings (SSSR count). The van der Waals surface area contributed by atoms with Crippen molar-refractivity contribution in [2.24, 2.45) is 0 Å². The van der Waals surface area contributed by atoms with Crippen LogP contribution in [0, 0.1) is 13.8 Å². The van der Waals surface area contributed by atoms with E-state index < -0.39 is 10.0 Å². The Hall–Kier alpha value is -2.22. The second-order valence-corrected chi connectivity index (χ2v) is 9.86. The van der Waals surface area contributed by atoms with Gasteiger partial charge in [0.05, 0.1) is 4.90 Å². The summed E-state index contributed by atoms with van der Waals surface area (Å²) in [6.07, 6.45) is 0.261. The zero-order valence-electron chi connectivity index (χ0n) is 17.1. The largest absolute Gasteiger partial charge is 0.340 e. The van der Waals surface area contributed by atoms with Gasteiger partial charge in [-0.3, -0.25) is 9.59 Å². The summed E-state index contributed by atoms with van der Waals surface area (Å²) < 4.78 is 26.9. The van der Waals surface area contributed by atoms with E-state index in [-0.39, 0.29) is 42.5 Å². The Kier molecular flexibility index (Phi) is 6.95. The fraction of sp³-hybridized carbons (Fsp3) is 0.364. The fourth-order valence-corrected chi connectivity index (χ4v) is 5.23. The van der Waals surface area contributed by atoms with Crippen molar-refractivity contribution in [1.29, 1.82) is 0 Å². The molecule has 160 valence electrons. The number of hydrogen-bond acceptors (Lipinski definition) is 4. The smallest absolute Gasteiger partial charge is 0.243 e. The van der Waals surface area contributed by atoms with Crippen molar-refractivity contribution < 1.29 is 18.0 Å². The molecule has 0 unspecified atom stereocenters. The van der Waals surface area contributed by atoms with Crippen LogP contribution in [0.3, 0.4) is 0 Å². The molecule has 1 aliphatic heterocycles. The molecule has 1 aliphatic rings. The normalized spacial score (nSPS) is 15.2. The first-order valence-electron chi connectivity index (χ1n) is 9.82. The van der Waals surface area contributed by atoms with E-state index in [2.05, 4.69) is 0 Å². The highest BCUT2D eigenvalue weighted by Gasteiger charge is 2.30. The van der Waals surface area contributed by atoms with Crippen molar-refractivity contribution in [3.63, 3.8) is 0 Å². The van der Waals surface area contributed by atoms with Crippen LogP contribution in [0.25, 0.3) is 0 Å². The van der Waals surface area contributed by atoms with Crippen molar-refractivity contribution in [2.75, 3.05) is 26.2 Å². The average Bonchev–Trinajstić information content (AvgIpc) is 2.73. The highest BCUT2D eigenvalue weighted by molar-refractivity contribution is 7.89. The van der Waals surface area contributed by atoms with E-state index in [1.54, 1.807) is 17.0 Å². The van der Waals surface area contributed by atoms with Gasteiger partial charge in [0.25, 0.3) is 0 Å². The summed E-state index contributed by atoms with van der Waals surface area (Å²) >= 11 is 5.91. The lowest BCUT2D eigenvalue weighted by Crippen LogP contribution is -2.50. The minimum atomic E-state index is -3.65. The number of ketones is 1. The number of halogens is 1. The highest BCUT2D eigenvalue weighted by Crippen LogP contribution is 2.21. The molecule has 1 amide bonds. The van der Waals surface area contributed by atoms with E-state index in [0.29, 0.717) is 23.7 Å². The van der Waals surface area contributed by atoms with Crippen molar-refractivity contribution in [2.45, 2.75) is 31.6 Å². The Morgan fingerprint density at radius 1 is 0.967 bits per heavy atom. The van der Waals surface area contributed by atoms with Gasteiger partial charge in [0, 0.05) is 49.6 Å². The molecule has 2 aromatic rings. The Labute approximate surface area is 182 Å². The van der Waals surface area contributed by atoms with Crippen LogP contribution in [-0.2, 0) is 14.8 Å². The number of aryl methyl sites for hydroxylation is 2. The third kappa shape index (κ3) is 5.09. The van der Waals surface area contributed by atoms with Gasteiger partial charge in [0.15, 0.2) is 5.78 Å². The quantitative estimate of drug-likeness (QED) is 0.634. The molecule has 0 atom stereocenters. The molecule has 1 saturated heterocycles. The van der Waals surface area contributed by atoms with Gasteiger partial charge in [-0.15, -0.1) is 0 Å². The molecule has 0 spiro atoms. The minimum Gasteiger partial charge on any atom is -0.340 e. The monoisotopic (exact) mass is 448 g/mol. The number of rotatable bonds is 6. The van der Waals surface area contributed by atoms with Gasteiger partial charge < -0.3 is 4.90 Å². The molecule has 30 heavy (non-hydrogen) atoms. The Balaban J connectivity index is 1.55. The molecular weight excluding hydrogens is 424 g/mol. The Bertz CT molecular complexity index is 1060. The summed E-state index contributed by atoms with van der Waals surface area (Å²) in [5.41, 5.74) is 2.56. The van der Waals surface area contributed by atoms with E-state index in [0.717, 1.165) is 11.1 Å². The van der Waals surface area contributed by atoms with E-state index in [9.17, 15) is 18.0 Å². The molecule has 6 nitrogen and oxygen atoms in total. The van der Waals surface area contributed by atoms with Crippen molar-refractivity contribution >= 4 is 33.3 Å². The molecule has 0 N–H and O–H groups in total. The average molecular weight is 449 g/mol. The first-order valence-corrected chi connectivity index (χ1v) is 11.6. The number of Topliss-reactive ketones (excluding diaryl/α,β-unsaturated/α-hetero) is 1. The maximum absolute atomic E-state index is 12.8. The van der Waals surface area contributed by atoms with Crippen LogP contribution >= 0.6 is 11.6 Å². The number of benzene rings is 2. The predicted octanol–water partition coefficient (Wildman–Crippen LogP) is 3.45. The molecule has 0 aromatic heterocycles. The van der Waals surface area contributed by atoms with Crippen LogP contribution in [0.2, 0.25) is 5.02 Å². The molecule has 0 aliphatic carbocycles. The lowest BCUT2D eigenvalue weighted by atomic mass is 9.99. The van der Waals surface area contributed by atoms with E-state index >= 15 is 0 Å². The first-order chi connectivity index (χ1) is 14.2. The number of amides is 1. The number of carbonyl (C=O) groups excluding carboxylic acids is 2. The minimum absolute atomic E-state index is 0.0493. The first kappa shape index (κ1) is 22.5.